The summed E-state index contributed by atoms with van der Waals surface area (Å²) in [6, 6.07) is 7.71. The first-order valence-electron chi connectivity index (χ1n) is 5.95. The molecule has 2 heteroatoms. The second-order valence-corrected chi connectivity index (χ2v) is 4.00. The number of unbranched alkanes of at least 4 members (excludes halogenated alkanes) is 3. The van der Waals surface area contributed by atoms with E-state index < -0.39 is 0 Å². The van der Waals surface area contributed by atoms with Crippen LogP contribution in [0.5, 0.6) is 0 Å². The molecule has 0 heterocycles. The van der Waals surface area contributed by atoms with Gasteiger partial charge in [-0.1, -0.05) is 38.3 Å². The Kier molecular flexibility index (Phi) is 5.62. The average Bonchev–Trinajstić information content (AvgIpc) is 2.34. The van der Waals surface area contributed by atoms with Crippen molar-refractivity contribution in [3.8, 4) is 0 Å². The number of rotatable bonds is 6. The summed E-state index contributed by atoms with van der Waals surface area (Å²) < 4.78 is 4.70. The third-order valence-electron chi connectivity index (χ3n) is 2.67. The zero-order chi connectivity index (χ0) is 11.8. The quantitative estimate of drug-likeness (QED) is 0.541. The summed E-state index contributed by atoms with van der Waals surface area (Å²) in [5.41, 5.74) is 1.87. The Labute approximate surface area is 97.6 Å². The molecule has 0 bridgehead atoms. The van der Waals surface area contributed by atoms with Crippen LogP contribution in [0, 0.1) is 0 Å². The van der Waals surface area contributed by atoms with E-state index in [1.807, 2.05) is 12.1 Å². The Balaban J connectivity index is 2.50. The second-order valence-electron chi connectivity index (χ2n) is 4.00. The van der Waals surface area contributed by atoms with E-state index in [1.54, 1.807) is 6.07 Å². The van der Waals surface area contributed by atoms with Gasteiger partial charge in [0.05, 0.1) is 12.7 Å². The van der Waals surface area contributed by atoms with E-state index in [9.17, 15) is 4.79 Å². The van der Waals surface area contributed by atoms with Gasteiger partial charge >= 0.3 is 5.97 Å². The number of ether oxygens (including phenoxy) is 1. The standard InChI is InChI=1S/C14H20O2/c1-3-4-5-6-8-12-9-7-10-13(11-12)14(15)16-2/h7,9-11H,3-6,8H2,1-2H3. The van der Waals surface area contributed by atoms with E-state index in [0.717, 1.165) is 6.42 Å². The van der Waals surface area contributed by atoms with Crippen LogP contribution < -0.4 is 0 Å². The first-order valence-corrected chi connectivity index (χ1v) is 5.95. The van der Waals surface area contributed by atoms with E-state index in [-0.39, 0.29) is 5.97 Å². The minimum atomic E-state index is -0.254. The van der Waals surface area contributed by atoms with Crippen LogP contribution in [0.1, 0.15) is 48.5 Å². The van der Waals surface area contributed by atoms with Crippen LogP contribution in [0.2, 0.25) is 0 Å². The van der Waals surface area contributed by atoms with Crippen LogP contribution in [0.25, 0.3) is 0 Å². The molecule has 0 fully saturated rings. The summed E-state index contributed by atoms with van der Waals surface area (Å²) in [5, 5.41) is 0. The summed E-state index contributed by atoms with van der Waals surface area (Å²) >= 11 is 0. The van der Waals surface area contributed by atoms with Crippen molar-refractivity contribution in [1.29, 1.82) is 0 Å². The molecular formula is C14H20O2. The molecule has 1 aromatic rings. The third kappa shape index (κ3) is 4.05. The van der Waals surface area contributed by atoms with E-state index in [1.165, 1.54) is 38.4 Å². The van der Waals surface area contributed by atoms with Crippen molar-refractivity contribution in [3.63, 3.8) is 0 Å². The lowest BCUT2D eigenvalue weighted by Crippen LogP contribution is -2.01. The molecule has 2 nitrogen and oxygen atoms in total. The third-order valence-corrected chi connectivity index (χ3v) is 2.67. The zero-order valence-electron chi connectivity index (χ0n) is 10.2. The maximum atomic E-state index is 11.3. The molecule has 0 saturated carbocycles. The maximum Gasteiger partial charge on any atom is 0.337 e. The first kappa shape index (κ1) is 12.8. The summed E-state index contributed by atoms with van der Waals surface area (Å²) in [6.07, 6.45) is 6.04. The minimum absolute atomic E-state index is 0.254. The number of aryl methyl sites for hydroxylation is 1. The fourth-order valence-electron chi connectivity index (χ4n) is 1.73. The van der Waals surface area contributed by atoms with E-state index >= 15 is 0 Å². The van der Waals surface area contributed by atoms with Crippen molar-refractivity contribution in [1.82, 2.24) is 0 Å². The first-order chi connectivity index (χ1) is 7.77. The Morgan fingerprint density at radius 1 is 1.25 bits per heavy atom. The molecule has 0 spiro atoms. The monoisotopic (exact) mass is 220 g/mol. The van der Waals surface area contributed by atoms with E-state index in [0.29, 0.717) is 5.56 Å². The molecule has 0 aliphatic rings. The van der Waals surface area contributed by atoms with Crippen LogP contribution >= 0.6 is 0 Å². The van der Waals surface area contributed by atoms with Gasteiger partial charge < -0.3 is 4.74 Å². The number of esters is 1. The summed E-state index contributed by atoms with van der Waals surface area (Å²) in [4.78, 5) is 11.3. The van der Waals surface area contributed by atoms with Crippen LogP contribution in [-0.2, 0) is 11.2 Å². The Morgan fingerprint density at radius 2 is 2.06 bits per heavy atom. The van der Waals surface area contributed by atoms with Gasteiger partial charge in [0, 0.05) is 0 Å². The molecule has 0 unspecified atom stereocenters. The summed E-state index contributed by atoms with van der Waals surface area (Å²) in [7, 11) is 1.41. The molecule has 0 aliphatic heterocycles. The number of carbonyl (C=O) groups excluding carboxylic acids is 1. The molecule has 0 amide bonds. The molecule has 0 atom stereocenters. The number of hydrogen-bond acceptors (Lipinski definition) is 2. The maximum absolute atomic E-state index is 11.3. The number of carbonyl (C=O) groups is 1. The Bertz CT molecular complexity index is 331. The molecule has 0 N–H and O–H groups in total. The summed E-state index contributed by atoms with van der Waals surface area (Å²) in [6.45, 7) is 2.21. The second kappa shape index (κ2) is 7.04. The number of hydrogen-bond donors (Lipinski definition) is 0. The molecule has 0 aromatic heterocycles. The van der Waals surface area contributed by atoms with Gasteiger partial charge in [-0.2, -0.15) is 0 Å². The SMILES string of the molecule is CCCCCCc1cccc(C(=O)OC)c1. The number of methoxy groups -OCH3 is 1. The molecular weight excluding hydrogens is 200 g/mol. The van der Waals surface area contributed by atoms with Gasteiger partial charge in [-0.15, -0.1) is 0 Å². The molecule has 1 aromatic carbocycles. The lowest BCUT2D eigenvalue weighted by molar-refractivity contribution is 0.0600. The predicted molar refractivity (Wildman–Crippen MR) is 65.6 cm³/mol. The fraction of sp³-hybridized carbons (Fsp3) is 0.500. The fourth-order valence-corrected chi connectivity index (χ4v) is 1.73. The van der Waals surface area contributed by atoms with Crippen molar-refractivity contribution < 1.29 is 9.53 Å². The summed E-state index contributed by atoms with van der Waals surface area (Å²) in [5.74, 6) is -0.254. The molecule has 16 heavy (non-hydrogen) atoms. The van der Waals surface area contributed by atoms with Crippen molar-refractivity contribution in [3.05, 3.63) is 35.4 Å². The van der Waals surface area contributed by atoms with Gasteiger partial charge in [-0.25, -0.2) is 4.79 Å². The van der Waals surface area contributed by atoms with Gasteiger partial charge in [0.25, 0.3) is 0 Å². The van der Waals surface area contributed by atoms with Crippen LogP contribution in [0.15, 0.2) is 24.3 Å². The van der Waals surface area contributed by atoms with Crippen molar-refractivity contribution in [2.75, 3.05) is 7.11 Å². The normalized spacial score (nSPS) is 10.1. The zero-order valence-corrected chi connectivity index (χ0v) is 10.2. The molecule has 0 saturated heterocycles. The molecule has 0 aliphatic carbocycles. The Hall–Kier alpha value is -1.31. The minimum Gasteiger partial charge on any atom is -0.465 e. The lowest BCUT2D eigenvalue weighted by atomic mass is 10.0. The van der Waals surface area contributed by atoms with Gasteiger partial charge in [-0.3, -0.25) is 0 Å². The highest BCUT2D eigenvalue weighted by Gasteiger charge is 2.04. The Morgan fingerprint density at radius 3 is 2.75 bits per heavy atom. The highest BCUT2D eigenvalue weighted by molar-refractivity contribution is 5.89. The van der Waals surface area contributed by atoms with E-state index in [2.05, 4.69) is 13.0 Å². The highest BCUT2D eigenvalue weighted by atomic mass is 16.5. The van der Waals surface area contributed by atoms with Crippen molar-refractivity contribution in [2.24, 2.45) is 0 Å². The molecule has 88 valence electrons. The molecule has 0 radical (unpaired) electrons. The van der Waals surface area contributed by atoms with Crippen molar-refractivity contribution in [2.45, 2.75) is 39.0 Å². The van der Waals surface area contributed by atoms with Gasteiger partial charge in [0.1, 0.15) is 0 Å². The van der Waals surface area contributed by atoms with Gasteiger partial charge in [0.15, 0.2) is 0 Å². The smallest absolute Gasteiger partial charge is 0.337 e. The topological polar surface area (TPSA) is 26.3 Å². The van der Waals surface area contributed by atoms with Crippen LogP contribution in [0.4, 0.5) is 0 Å². The van der Waals surface area contributed by atoms with Crippen LogP contribution in [-0.4, -0.2) is 13.1 Å². The highest BCUT2D eigenvalue weighted by Crippen LogP contribution is 2.11. The largest absolute Gasteiger partial charge is 0.465 e. The average molecular weight is 220 g/mol. The van der Waals surface area contributed by atoms with Crippen molar-refractivity contribution >= 4 is 5.97 Å². The number of benzene rings is 1. The van der Waals surface area contributed by atoms with E-state index in [4.69, 9.17) is 4.74 Å². The van der Waals surface area contributed by atoms with Gasteiger partial charge in [0.2, 0.25) is 0 Å². The molecule has 1 rings (SSSR count). The lowest BCUT2D eigenvalue weighted by Gasteiger charge is -2.03. The van der Waals surface area contributed by atoms with Gasteiger partial charge in [-0.05, 0) is 30.5 Å². The van der Waals surface area contributed by atoms with Crippen LogP contribution in [0.3, 0.4) is 0 Å². The predicted octanol–water partition coefficient (Wildman–Crippen LogP) is 3.60.